The molecule has 4 heteroatoms. The van der Waals surface area contributed by atoms with Crippen molar-refractivity contribution >= 4 is 21.8 Å². The Bertz CT molecular complexity index is 561. The molecule has 0 spiro atoms. The van der Waals surface area contributed by atoms with Crippen LogP contribution in [0.1, 0.15) is 45.1 Å². The molecule has 0 saturated carbocycles. The highest BCUT2D eigenvalue weighted by Gasteiger charge is 2.40. The lowest BCUT2D eigenvalue weighted by Crippen LogP contribution is -2.46. The van der Waals surface area contributed by atoms with Gasteiger partial charge < -0.3 is 10.2 Å². The second-order valence-corrected chi connectivity index (χ2v) is 8.70. The van der Waals surface area contributed by atoms with Gasteiger partial charge in [0, 0.05) is 29.0 Å². The van der Waals surface area contributed by atoms with Gasteiger partial charge in [0.05, 0.1) is 0 Å². The minimum absolute atomic E-state index is 0.0977. The van der Waals surface area contributed by atoms with E-state index in [-0.39, 0.29) is 5.92 Å². The molecule has 0 aromatic heterocycles. The predicted molar refractivity (Wildman–Crippen MR) is 102 cm³/mol. The van der Waals surface area contributed by atoms with Crippen LogP contribution >= 0.6 is 15.9 Å². The Labute approximate surface area is 154 Å². The van der Waals surface area contributed by atoms with Crippen molar-refractivity contribution < 1.29 is 4.79 Å². The molecular formula is C20H29BrN2O. The Morgan fingerprint density at radius 2 is 2.08 bits per heavy atom. The molecule has 1 N–H and O–H groups in total. The number of nitrogens with one attached hydrogen (secondary N) is 1. The summed E-state index contributed by atoms with van der Waals surface area (Å²) in [5, 5.41) is 3.50. The molecule has 1 aromatic rings. The molecule has 2 bridgehead atoms. The van der Waals surface area contributed by atoms with Crippen molar-refractivity contribution in [2.45, 2.75) is 58.0 Å². The molecule has 2 fully saturated rings. The van der Waals surface area contributed by atoms with Crippen LogP contribution < -0.4 is 5.32 Å². The van der Waals surface area contributed by atoms with Gasteiger partial charge in [-0.25, -0.2) is 0 Å². The number of fused-ring (bicyclic) bond motifs is 2. The molecular weight excluding hydrogens is 364 g/mol. The summed E-state index contributed by atoms with van der Waals surface area (Å²) in [7, 11) is 0. The van der Waals surface area contributed by atoms with Crippen molar-refractivity contribution in [1.82, 2.24) is 10.2 Å². The molecule has 3 nitrogen and oxygen atoms in total. The number of hydrogen-bond donors (Lipinski definition) is 1. The number of hydrogen-bond acceptors (Lipinski definition) is 2. The van der Waals surface area contributed by atoms with Crippen LogP contribution in [0.3, 0.4) is 0 Å². The van der Waals surface area contributed by atoms with Crippen molar-refractivity contribution in [2.75, 3.05) is 13.1 Å². The van der Waals surface area contributed by atoms with E-state index in [2.05, 4.69) is 58.2 Å². The fourth-order valence-electron chi connectivity index (χ4n) is 4.34. The molecule has 2 aliphatic rings. The van der Waals surface area contributed by atoms with Crippen LogP contribution in [0, 0.1) is 11.8 Å². The SMILES string of the molecule is CC(C)CC(Cc1cccc(Br)c1)C(=O)N1C2CCNCC1CC2. The summed E-state index contributed by atoms with van der Waals surface area (Å²) >= 11 is 3.55. The summed E-state index contributed by atoms with van der Waals surface area (Å²) in [6.45, 7) is 6.46. The van der Waals surface area contributed by atoms with E-state index in [4.69, 9.17) is 0 Å². The number of halogens is 1. The highest BCUT2D eigenvalue weighted by Crippen LogP contribution is 2.32. The first kappa shape index (κ1) is 17.9. The zero-order chi connectivity index (χ0) is 17.1. The normalized spacial score (nSPS) is 24.9. The number of carbonyl (C=O) groups is 1. The van der Waals surface area contributed by atoms with Gasteiger partial charge in [0.15, 0.2) is 0 Å². The Balaban J connectivity index is 1.78. The third-order valence-electron chi connectivity index (χ3n) is 5.38. The molecule has 0 radical (unpaired) electrons. The highest BCUT2D eigenvalue weighted by molar-refractivity contribution is 9.10. The lowest BCUT2D eigenvalue weighted by atomic mass is 9.89. The van der Waals surface area contributed by atoms with Crippen molar-refractivity contribution in [1.29, 1.82) is 0 Å². The molecule has 0 aliphatic carbocycles. The molecule has 1 aromatic carbocycles. The summed E-state index contributed by atoms with van der Waals surface area (Å²) < 4.78 is 1.09. The highest BCUT2D eigenvalue weighted by atomic mass is 79.9. The van der Waals surface area contributed by atoms with Gasteiger partial charge in [-0.2, -0.15) is 0 Å². The van der Waals surface area contributed by atoms with Crippen LogP contribution in [0.25, 0.3) is 0 Å². The quantitative estimate of drug-likeness (QED) is 0.820. The van der Waals surface area contributed by atoms with Crippen molar-refractivity contribution in [3.05, 3.63) is 34.3 Å². The number of nitrogens with zero attached hydrogens (tertiary/aromatic N) is 1. The smallest absolute Gasteiger partial charge is 0.226 e. The third-order valence-corrected chi connectivity index (χ3v) is 5.88. The van der Waals surface area contributed by atoms with E-state index in [1.807, 2.05) is 6.07 Å². The molecule has 3 rings (SSSR count). The number of benzene rings is 1. The average molecular weight is 393 g/mol. The van der Waals surface area contributed by atoms with Crippen LogP contribution in [0.15, 0.2) is 28.7 Å². The first-order valence-corrected chi connectivity index (χ1v) is 10.1. The molecule has 3 unspecified atom stereocenters. The average Bonchev–Trinajstić information content (AvgIpc) is 2.78. The molecule has 3 atom stereocenters. The molecule has 2 saturated heterocycles. The molecule has 2 heterocycles. The van der Waals surface area contributed by atoms with E-state index in [9.17, 15) is 4.79 Å². The minimum atomic E-state index is 0.0977. The van der Waals surface area contributed by atoms with Gasteiger partial charge in [-0.3, -0.25) is 4.79 Å². The fraction of sp³-hybridized carbons (Fsp3) is 0.650. The van der Waals surface area contributed by atoms with Gasteiger partial charge in [0.1, 0.15) is 0 Å². The van der Waals surface area contributed by atoms with Crippen LogP contribution in [0.4, 0.5) is 0 Å². The Kier molecular flexibility index (Phi) is 5.98. The molecule has 132 valence electrons. The number of rotatable bonds is 5. The largest absolute Gasteiger partial charge is 0.335 e. The van der Waals surface area contributed by atoms with E-state index in [1.165, 1.54) is 12.0 Å². The second kappa shape index (κ2) is 8.01. The zero-order valence-corrected chi connectivity index (χ0v) is 16.4. The van der Waals surface area contributed by atoms with Crippen LogP contribution in [0.5, 0.6) is 0 Å². The monoisotopic (exact) mass is 392 g/mol. The Morgan fingerprint density at radius 3 is 2.83 bits per heavy atom. The Morgan fingerprint density at radius 1 is 1.29 bits per heavy atom. The standard InChI is InChI=1S/C20H29BrN2O/c1-14(2)10-16(11-15-4-3-5-17(21)12-15)20(24)23-18-6-7-19(23)13-22-9-8-18/h3-5,12,14,16,18-19,22H,6-11,13H2,1-2H3. The summed E-state index contributed by atoms with van der Waals surface area (Å²) in [5.74, 6) is 1.02. The fourth-order valence-corrected chi connectivity index (χ4v) is 4.79. The lowest BCUT2D eigenvalue weighted by molar-refractivity contribution is -0.138. The Hall–Kier alpha value is -0.870. The second-order valence-electron chi connectivity index (χ2n) is 7.78. The first-order valence-electron chi connectivity index (χ1n) is 9.32. The van der Waals surface area contributed by atoms with Crippen molar-refractivity contribution in [2.24, 2.45) is 11.8 Å². The molecule has 24 heavy (non-hydrogen) atoms. The van der Waals surface area contributed by atoms with Crippen molar-refractivity contribution in [3.8, 4) is 0 Å². The maximum atomic E-state index is 13.4. The number of carbonyl (C=O) groups excluding carboxylic acids is 1. The van der Waals surface area contributed by atoms with E-state index >= 15 is 0 Å². The lowest BCUT2D eigenvalue weighted by Gasteiger charge is -2.32. The summed E-state index contributed by atoms with van der Waals surface area (Å²) in [5.41, 5.74) is 1.25. The van der Waals surface area contributed by atoms with Gasteiger partial charge in [-0.1, -0.05) is 41.9 Å². The maximum Gasteiger partial charge on any atom is 0.226 e. The first-order chi connectivity index (χ1) is 11.5. The predicted octanol–water partition coefficient (Wildman–Crippen LogP) is 4.01. The van der Waals surface area contributed by atoms with E-state index in [0.717, 1.165) is 43.2 Å². The van der Waals surface area contributed by atoms with Crippen LogP contribution in [-0.2, 0) is 11.2 Å². The summed E-state index contributed by atoms with van der Waals surface area (Å²) in [6, 6.07) is 9.26. The van der Waals surface area contributed by atoms with Gasteiger partial charge in [-0.05, 0) is 62.3 Å². The summed E-state index contributed by atoms with van der Waals surface area (Å²) in [6.07, 6.45) is 5.26. The number of amides is 1. The van der Waals surface area contributed by atoms with Gasteiger partial charge in [-0.15, -0.1) is 0 Å². The van der Waals surface area contributed by atoms with E-state index in [0.29, 0.717) is 23.9 Å². The maximum absolute atomic E-state index is 13.4. The van der Waals surface area contributed by atoms with E-state index < -0.39 is 0 Å². The topological polar surface area (TPSA) is 32.3 Å². The van der Waals surface area contributed by atoms with Crippen molar-refractivity contribution in [3.63, 3.8) is 0 Å². The van der Waals surface area contributed by atoms with E-state index in [1.54, 1.807) is 0 Å². The van der Waals surface area contributed by atoms with Gasteiger partial charge in [0.25, 0.3) is 0 Å². The molecule has 2 aliphatic heterocycles. The van der Waals surface area contributed by atoms with Crippen LogP contribution in [-0.4, -0.2) is 36.0 Å². The van der Waals surface area contributed by atoms with Crippen LogP contribution in [0.2, 0.25) is 0 Å². The summed E-state index contributed by atoms with van der Waals surface area (Å²) in [4.78, 5) is 15.7. The third kappa shape index (κ3) is 4.20. The van der Waals surface area contributed by atoms with Gasteiger partial charge >= 0.3 is 0 Å². The minimum Gasteiger partial charge on any atom is -0.335 e. The zero-order valence-electron chi connectivity index (χ0n) is 14.8. The molecule has 1 amide bonds. The van der Waals surface area contributed by atoms with Gasteiger partial charge in [0.2, 0.25) is 5.91 Å².